The van der Waals surface area contributed by atoms with Gasteiger partial charge in [-0.25, -0.2) is 0 Å². The first-order valence-corrected chi connectivity index (χ1v) is 6.54. The number of aromatic nitrogens is 1. The summed E-state index contributed by atoms with van der Waals surface area (Å²) in [5.74, 6) is 1.12. The molecule has 98 valence electrons. The van der Waals surface area contributed by atoms with Crippen molar-refractivity contribution in [1.29, 1.82) is 0 Å². The van der Waals surface area contributed by atoms with E-state index in [0.717, 1.165) is 35.4 Å². The van der Waals surface area contributed by atoms with E-state index < -0.39 is 0 Å². The van der Waals surface area contributed by atoms with Crippen molar-refractivity contribution in [3.05, 3.63) is 41.7 Å². The number of nitrogens with zero attached hydrogens (tertiary/aromatic N) is 1. The Morgan fingerprint density at radius 1 is 1.37 bits per heavy atom. The minimum Gasteiger partial charge on any atom is -0.361 e. The molecule has 1 amide bonds. The van der Waals surface area contributed by atoms with Crippen LogP contribution in [0.3, 0.4) is 0 Å². The smallest absolute Gasteiger partial charge is 0.223 e. The zero-order chi connectivity index (χ0) is 13.2. The lowest BCUT2D eigenvalue weighted by molar-refractivity contribution is -0.122. The normalized spacial score (nSPS) is 14.4. The molecule has 0 aliphatic heterocycles. The van der Waals surface area contributed by atoms with Gasteiger partial charge in [-0.2, -0.15) is 0 Å². The number of hydrogen-bond donors (Lipinski definition) is 1. The Kier molecular flexibility index (Phi) is 3.07. The minimum absolute atomic E-state index is 0.139. The zero-order valence-corrected chi connectivity index (χ0v) is 10.8. The maximum Gasteiger partial charge on any atom is 0.223 e. The van der Waals surface area contributed by atoms with E-state index in [4.69, 9.17) is 4.52 Å². The standard InChI is InChI=1S/C15H16N2O2/c1-10-13(9-16-15(18)12-7-8-12)14(17-19-10)11-5-3-2-4-6-11/h2-6,12H,7-9H2,1H3,(H,16,18). The van der Waals surface area contributed by atoms with Gasteiger partial charge < -0.3 is 9.84 Å². The highest BCUT2D eigenvalue weighted by Gasteiger charge is 2.29. The number of carbonyl (C=O) groups is 1. The van der Waals surface area contributed by atoms with Crippen LogP contribution >= 0.6 is 0 Å². The minimum atomic E-state index is 0.139. The van der Waals surface area contributed by atoms with Crippen molar-refractivity contribution in [2.45, 2.75) is 26.3 Å². The summed E-state index contributed by atoms with van der Waals surface area (Å²) in [6.45, 7) is 2.35. The molecule has 1 aromatic heterocycles. The fourth-order valence-electron chi connectivity index (χ4n) is 2.09. The number of carbonyl (C=O) groups excluding carboxylic acids is 1. The third-order valence-corrected chi connectivity index (χ3v) is 3.42. The molecule has 0 spiro atoms. The molecule has 19 heavy (non-hydrogen) atoms. The number of amides is 1. The number of rotatable bonds is 4. The van der Waals surface area contributed by atoms with E-state index in [1.54, 1.807) is 0 Å². The van der Waals surface area contributed by atoms with E-state index in [1.807, 2.05) is 37.3 Å². The summed E-state index contributed by atoms with van der Waals surface area (Å²) in [6, 6.07) is 9.87. The van der Waals surface area contributed by atoms with E-state index in [2.05, 4.69) is 10.5 Å². The number of nitrogens with one attached hydrogen (secondary N) is 1. The van der Waals surface area contributed by atoms with Crippen molar-refractivity contribution in [1.82, 2.24) is 10.5 Å². The van der Waals surface area contributed by atoms with Crippen molar-refractivity contribution in [3.63, 3.8) is 0 Å². The van der Waals surface area contributed by atoms with Crippen LogP contribution in [-0.4, -0.2) is 11.1 Å². The van der Waals surface area contributed by atoms with Crippen molar-refractivity contribution in [2.24, 2.45) is 5.92 Å². The third-order valence-electron chi connectivity index (χ3n) is 3.42. The van der Waals surface area contributed by atoms with E-state index in [1.165, 1.54) is 0 Å². The van der Waals surface area contributed by atoms with Crippen LogP contribution < -0.4 is 5.32 Å². The molecule has 0 unspecified atom stereocenters. The van der Waals surface area contributed by atoms with Gasteiger partial charge in [-0.1, -0.05) is 35.5 Å². The number of benzene rings is 1. The Bertz CT molecular complexity index is 585. The van der Waals surface area contributed by atoms with E-state index >= 15 is 0 Å². The summed E-state index contributed by atoms with van der Waals surface area (Å²) in [4.78, 5) is 11.7. The van der Waals surface area contributed by atoms with Crippen LogP contribution in [0, 0.1) is 12.8 Å². The van der Waals surface area contributed by atoms with Gasteiger partial charge in [0, 0.05) is 23.6 Å². The topological polar surface area (TPSA) is 55.1 Å². The van der Waals surface area contributed by atoms with Gasteiger partial charge in [0.1, 0.15) is 11.5 Å². The van der Waals surface area contributed by atoms with E-state index in [9.17, 15) is 4.79 Å². The lowest BCUT2D eigenvalue weighted by Crippen LogP contribution is -2.24. The van der Waals surface area contributed by atoms with E-state index in [-0.39, 0.29) is 11.8 Å². The summed E-state index contributed by atoms with van der Waals surface area (Å²) >= 11 is 0. The molecule has 1 aliphatic carbocycles. The largest absolute Gasteiger partial charge is 0.361 e. The molecule has 4 heteroatoms. The number of hydrogen-bond acceptors (Lipinski definition) is 3. The summed E-state index contributed by atoms with van der Waals surface area (Å²) < 4.78 is 5.26. The molecule has 1 saturated carbocycles. The summed E-state index contributed by atoms with van der Waals surface area (Å²) in [5, 5.41) is 7.06. The highest BCUT2D eigenvalue weighted by Crippen LogP contribution is 2.29. The first kappa shape index (κ1) is 12.0. The Labute approximate surface area is 111 Å². The van der Waals surface area contributed by atoms with Crippen molar-refractivity contribution in [3.8, 4) is 11.3 Å². The monoisotopic (exact) mass is 256 g/mol. The molecule has 0 atom stereocenters. The van der Waals surface area contributed by atoms with Crippen LogP contribution in [0.4, 0.5) is 0 Å². The Balaban J connectivity index is 1.80. The second-order valence-electron chi connectivity index (χ2n) is 4.92. The van der Waals surface area contributed by atoms with Gasteiger partial charge in [0.2, 0.25) is 5.91 Å². The van der Waals surface area contributed by atoms with Crippen LogP contribution in [-0.2, 0) is 11.3 Å². The van der Waals surface area contributed by atoms with Crippen LogP contribution in [0.2, 0.25) is 0 Å². The van der Waals surface area contributed by atoms with Gasteiger partial charge >= 0.3 is 0 Å². The Morgan fingerprint density at radius 3 is 2.79 bits per heavy atom. The second kappa shape index (κ2) is 4.88. The van der Waals surface area contributed by atoms with Gasteiger partial charge in [-0.3, -0.25) is 4.79 Å². The Morgan fingerprint density at radius 2 is 2.11 bits per heavy atom. The fourth-order valence-corrected chi connectivity index (χ4v) is 2.09. The molecule has 0 saturated heterocycles. The van der Waals surface area contributed by atoms with Crippen molar-refractivity contribution >= 4 is 5.91 Å². The van der Waals surface area contributed by atoms with E-state index in [0.29, 0.717) is 6.54 Å². The van der Waals surface area contributed by atoms with Gasteiger partial charge in [0.15, 0.2) is 0 Å². The molecule has 1 fully saturated rings. The van der Waals surface area contributed by atoms with Crippen LogP contribution in [0.5, 0.6) is 0 Å². The third kappa shape index (κ3) is 2.52. The highest BCUT2D eigenvalue weighted by molar-refractivity contribution is 5.81. The molecule has 1 aromatic carbocycles. The lowest BCUT2D eigenvalue weighted by atomic mass is 10.1. The van der Waals surface area contributed by atoms with Gasteiger partial charge in [-0.05, 0) is 19.8 Å². The second-order valence-corrected chi connectivity index (χ2v) is 4.92. The summed E-state index contributed by atoms with van der Waals surface area (Å²) in [5.41, 5.74) is 2.78. The average molecular weight is 256 g/mol. The highest BCUT2D eigenvalue weighted by atomic mass is 16.5. The fraction of sp³-hybridized carbons (Fsp3) is 0.333. The Hall–Kier alpha value is -2.10. The predicted molar refractivity (Wildman–Crippen MR) is 71.2 cm³/mol. The molecule has 1 heterocycles. The molecule has 1 aliphatic rings. The summed E-state index contributed by atoms with van der Waals surface area (Å²) in [7, 11) is 0. The molecule has 0 radical (unpaired) electrons. The maximum atomic E-state index is 11.7. The van der Waals surface area contributed by atoms with Gasteiger partial charge in [-0.15, -0.1) is 0 Å². The SMILES string of the molecule is Cc1onc(-c2ccccc2)c1CNC(=O)C1CC1. The maximum absolute atomic E-state index is 11.7. The number of aryl methyl sites for hydroxylation is 1. The summed E-state index contributed by atoms with van der Waals surface area (Å²) in [6.07, 6.45) is 2.03. The predicted octanol–water partition coefficient (Wildman–Crippen LogP) is 2.68. The van der Waals surface area contributed by atoms with Crippen LogP contribution in [0.25, 0.3) is 11.3 Å². The first-order valence-electron chi connectivity index (χ1n) is 6.54. The van der Waals surface area contributed by atoms with Crippen molar-refractivity contribution in [2.75, 3.05) is 0 Å². The van der Waals surface area contributed by atoms with Gasteiger partial charge in [0.25, 0.3) is 0 Å². The molecule has 3 rings (SSSR count). The molecule has 2 aromatic rings. The average Bonchev–Trinajstić information content (AvgIpc) is 3.22. The molecular weight excluding hydrogens is 240 g/mol. The van der Waals surface area contributed by atoms with Crippen molar-refractivity contribution < 1.29 is 9.32 Å². The molecule has 1 N–H and O–H groups in total. The zero-order valence-electron chi connectivity index (χ0n) is 10.8. The van der Waals surface area contributed by atoms with Crippen LogP contribution in [0.15, 0.2) is 34.9 Å². The van der Waals surface area contributed by atoms with Crippen LogP contribution in [0.1, 0.15) is 24.2 Å². The molecule has 4 nitrogen and oxygen atoms in total. The molecular formula is C15H16N2O2. The first-order chi connectivity index (χ1) is 9.25. The lowest BCUT2D eigenvalue weighted by Gasteiger charge is -2.05. The van der Waals surface area contributed by atoms with Gasteiger partial charge in [0.05, 0.1) is 0 Å². The molecule has 0 bridgehead atoms. The quantitative estimate of drug-likeness (QED) is 0.915.